The van der Waals surface area contributed by atoms with E-state index in [1.165, 1.54) is 12.1 Å². The number of nitrogens with one attached hydrogen (secondary N) is 1. The predicted molar refractivity (Wildman–Crippen MR) is 84.2 cm³/mol. The molecule has 1 aromatic heterocycles. The zero-order valence-electron chi connectivity index (χ0n) is 11.6. The smallest absolute Gasteiger partial charge is 0.163 e. The van der Waals surface area contributed by atoms with Crippen molar-refractivity contribution in [1.29, 1.82) is 0 Å². The molecule has 2 aromatic carbocycles. The molecule has 5 heteroatoms. The van der Waals surface area contributed by atoms with Gasteiger partial charge in [-0.2, -0.15) is 0 Å². The van der Waals surface area contributed by atoms with Gasteiger partial charge in [0.15, 0.2) is 5.82 Å². The van der Waals surface area contributed by atoms with Crippen molar-refractivity contribution in [2.75, 3.05) is 12.4 Å². The lowest BCUT2D eigenvalue weighted by Crippen LogP contribution is -1.99. The largest absolute Gasteiger partial charge is 0.373 e. The van der Waals surface area contributed by atoms with Crippen molar-refractivity contribution in [1.82, 2.24) is 9.97 Å². The summed E-state index contributed by atoms with van der Waals surface area (Å²) in [6, 6.07) is 10.1. The average Bonchev–Trinajstić information content (AvgIpc) is 2.45. The Kier molecular flexibility index (Phi) is 3.47. The minimum atomic E-state index is -0.329. The van der Waals surface area contributed by atoms with E-state index in [0.717, 1.165) is 16.5 Å². The van der Waals surface area contributed by atoms with Crippen molar-refractivity contribution in [3.05, 3.63) is 52.8 Å². The van der Waals surface area contributed by atoms with Crippen LogP contribution >= 0.6 is 11.6 Å². The van der Waals surface area contributed by atoms with Crippen molar-refractivity contribution in [3.63, 3.8) is 0 Å². The minimum absolute atomic E-state index is 0.329. The van der Waals surface area contributed by atoms with Gasteiger partial charge in [0.1, 0.15) is 11.6 Å². The number of fused-ring (bicyclic) bond motifs is 1. The molecule has 0 aliphatic heterocycles. The number of aryl methyl sites for hydroxylation is 1. The van der Waals surface area contributed by atoms with E-state index in [9.17, 15) is 4.39 Å². The van der Waals surface area contributed by atoms with Crippen LogP contribution in [0.1, 0.15) is 5.56 Å². The molecule has 0 amide bonds. The quantitative estimate of drug-likeness (QED) is 0.760. The fraction of sp³-hybridized carbons (Fsp3) is 0.125. The van der Waals surface area contributed by atoms with Crippen LogP contribution in [0.15, 0.2) is 36.4 Å². The predicted octanol–water partition coefficient (Wildman–Crippen LogP) is 4.44. The maximum Gasteiger partial charge on any atom is 0.163 e. The summed E-state index contributed by atoms with van der Waals surface area (Å²) in [5, 5.41) is 4.36. The van der Waals surface area contributed by atoms with E-state index >= 15 is 0 Å². The molecule has 0 aliphatic rings. The molecule has 21 heavy (non-hydrogen) atoms. The molecule has 0 fully saturated rings. The SMILES string of the molecule is CNc1nc(-c2ccc(C)cc2Cl)nc2cc(F)ccc12. The Morgan fingerprint density at radius 2 is 1.90 bits per heavy atom. The van der Waals surface area contributed by atoms with Crippen LogP contribution < -0.4 is 5.32 Å². The molecule has 3 nitrogen and oxygen atoms in total. The molecule has 1 N–H and O–H groups in total. The molecular weight excluding hydrogens is 289 g/mol. The normalized spacial score (nSPS) is 10.9. The summed E-state index contributed by atoms with van der Waals surface area (Å²) in [5.41, 5.74) is 2.33. The zero-order chi connectivity index (χ0) is 15.0. The first-order valence-corrected chi connectivity index (χ1v) is 6.88. The summed E-state index contributed by atoms with van der Waals surface area (Å²) in [5.74, 6) is 0.790. The van der Waals surface area contributed by atoms with Crippen LogP contribution in [0.4, 0.5) is 10.2 Å². The highest BCUT2D eigenvalue weighted by Crippen LogP contribution is 2.30. The number of rotatable bonds is 2. The van der Waals surface area contributed by atoms with E-state index < -0.39 is 0 Å². The summed E-state index contributed by atoms with van der Waals surface area (Å²) in [6.07, 6.45) is 0. The zero-order valence-corrected chi connectivity index (χ0v) is 12.4. The third kappa shape index (κ3) is 2.54. The van der Waals surface area contributed by atoms with Gasteiger partial charge in [0.05, 0.1) is 10.5 Å². The Morgan fingerprint density at radius 1 is 1.10 bits per heavy atom. The first-order valence-electron chi connectivity index (χ1n) is 6.50. The topological polar surface area (TPSA) is 37.8 Å². The van der Waals surface area contributed by atoms with Crippen LogP contribution in [0.25, 0.3) is 22.3 Å². The van der Waals surface area contributed by atoms with Crippen LogP contribution in [0.2, 0.25) is 5.02 Å². The average molecular weight is 302 g/mol. The van der Waals surface area contributed by atoms with E-state index in [4.69, 9.17) is 11.6 Å². The molecular formula is C16H13ClFN3. The molecule has 0 saturated carbocycles. The molecule has 0 saturated heterocycles. The van der Waals surface area contributed by atoms with Gasteiger partial charge in [-0.15, -0.1) is 0 Å². The Bertz CT molecular complexity index is 833. The molecule has 0 bridgehead atoms. The summed E-state index contributed by atoms with van der Waals surface area (Å²) in [7, 11) is 1.77. The van der Waals surface area contributed by atoms with Crippen LogP contribution in [-0.4, -0.2) is 17.0 Å². The van der Waals surface area contributed by atoms with Gasteiger partial charge in [0.2, 0.25) is 0 Å². The highest BCUT2D eigenvalue weighted by atomic mass is 35.5. The molecule has 1 heterocycles. The van der Waals surface area contributed by atoms with Gasteiger partial charge < -0.3 is 5.32 Å². The van der Waals surface area contributed by atoms with Crippen LogP contribution in [-0.2, 0) is 0 Å². The Labute approximate surface area is 126 Å². The minimum Gasteiger partial charge on any atom is -0.373 e. The van der Waals surface area contributed by atoms with E-state index in [2.05, 4.69) is 15.3 Å². The lowest BCUT2D eigenvalue weighted by molar-refractivity contribution is 0.629. The summed E-state index contributed by atoms with van der Waals surface area (Å²) in [6.45, 7) is 1.96. The first kappa shape index (κ1) is 13.8. The number of nitrogens with zero attached hydrogens (tertiary/aromatic N) is 2. The Hall–Kier alpha value is -2.20. The second-order valence-electron chi connectivity index (χ2n) is 4.79. The Balaban J connectivity index is 2.27. The number of halogens is 2. The Morgan fingerprint density at radius 3 is 2.62 bits per heavy atom. The third-order valence-electron chi connectivity index (χ3n) is 3.26. The maximum absolute atomic E-state index is 13.4. The van der Waals surface area contributed by atoms with Gasteiger partial charge in [-0.25, -0.2) is 14.4 Å². The van der Waals surface area contributed by atoms with Crippen LogP contribution in [0.3, 0.4) is 0 Å². The molecule has 0 unspecified atom stereocenters. The van der Waals surface area contributed by atoms with Gasteiger partial charge in [-0.1, -0.05) is 17.7 Å². The summed E-state index contributed by atoms with van der Waals surface area (Å²) < 4.78 is 13.4. The molecule has 0 atom stereocenters. The molecule has 106 valence electrons. The number of benzene rings is 2. The van der Waals surface area contributed by atoms with Crippen molar-refractivity contribution in [2.24, 2.45) is 0 Å². The van der Waals surface area contributed by atoms with Gasteiger partial charge in [-0.3, -0.25) is 0 Å². The molecule has 3 aromatic rings. The van der Waals surface area contributed by atoms with Gasteiger partial charge in [-0.05, 0) is 36.8 Å². The molecule has 3 rings (SSSR count). The fourth-order valence-corrected chi connectivity index (χ4v) is 2.53. The molecule has 0 radical (unpaired) electrons. The van der Waals surface area contributed by atoms with E-state index in [-0.39, 0.29) is 5.82 Å². The lowest BCUT2D eigenvalue weighted by atomic mass is 10.1. The standard InChI is InChI=1S/C16H13ClFN3/c1-9-3-5-11(13(17)7-9)16-20-14-8-10(18)4-6-12(14)15(19-2)21-16/h3-8H,1-2H3,(H,19,20,21). The van der Waals surface area contributed by atoms with Crippen LogP contribution in [0, 0.1) is 12.7 Å². The first-order chi connectivity index (χ1) is 10.1. The van der Waals surface area contributed by atoms with Gasteiger partial charge in [0.25, 0.3) is 0 Å². The van der Waals surface area contributed by atoms with Crippen molar-refractivity contribution in [3.8, 4) is 11.4 Å². The second-order valence-corrected chi connectivity index (χ2v) is 5.20. The van der Waals surface area contributed by atoms with Gasteiger partial charge >= 0.3 is 0 Å². The second kappa shape index (κ2) is 5.30. The molecule has 0 aliphatic carbocycles. The van der Waals surface area contributed by atoms with Crippen molar-refractivity contribution >= 4 is 28.3 Å². The van der Waals surface area contributed by atoms with E-state index in [1.54, 1.807) is 13.1 Å². The van der Waals surface area contributed by atoms with Gasteiger partial charge in [0, 0.05) is 24.1 Å². The summed E-state index contributed by atoms with van der Waals surface area (Å²) >= 11 is 6.27. The van der Waals surface area contributed by atoms with Crippen molar-refractivity contribution in [2.45, 2.75) is 6.92 Å². The third-order valence-corrected chi connectivity index (χ3v) is 3.57. The lowest BCUT2D eigenvalue weighted by Gasteiger charge is -2.09. The maximum atomic E-state index is 13.4. The highest BCUT2D eigenvalue weighted by Gasteiger charge is 2.12. The summed E-state index contributed by atoms with van der Waals surface area (Å²) in [4.78, 5) is 8.91. The monoisotopic (exact) mass is 301 g/mol. The molecule has 0 spiro atoms. The van der Waals surface area contributed by atoms with Crippen LogP contribution in [0.5, 0.6) is 0 Å². The number of aromatic nitrogens is 2. The number of hydrogen-bond acceptors (Lipinski definition) is 3. The number of hydrogen-bond donors (Lipinski definition) is 1. The highest BCUT2D eigenvalue weighted by molar-refractivity contribution is 6.33. The number of anilines is 1. The van der Waals surface area contributed by atoms with E-state index in [1.807, 2.05) is 25.1 Å². The van der Waals surface area contributed by atoms with E-state index in [0.29, 0.717) is 22.2 Å². The van der Waals surface area contributed by atoms with Crippen molar-refractivity contribution < 1.29 is 4.39 Å². The fourth-order valence-electron chi connectivity index (χ4n) is 2.22.